The number of nitrogens with zero attached hydrogens (tertiary/aromatic N) is 1. The van der Waals surface area contributed by atoms with Crippen LogP contribution in [0.3, 0.4) is 0 Å². The second kappa shape index (κ2) is 6.41. The molecule has 0 aromatic carbocycles. The van der Waals surface area contributed by atoms with Gasteiger partial charge in [-0.3, -0.25) is 0 Å². The van der Waals surface area contributed by atoms with E-state index in [0.29, 0.717) is 0 Å². The Balaban J connectivity index is 2.03. The first-order chi connectivity index (χ1) is 6.36. The van der Waals surface area contributed by atoms with Crippen LogP contribution >= 0.6 is 11.6 Å². The van der Waals surface area contributed by atoms with E-state index in [9.17, 15) is 0 Å². The molecule has 0 saturated carbocycles. The van der Waals surface area contributed by atoms with Gasteiger partial charge in [-0.1, -0.05) is 24.6 Å². The number of hydrogen-bond acceptors (Lipinski definition) is 2. The highest BCUT2D eigenvalue weighted by molar-refractivity contribution is 6.25. The van der Waals surface area contributed by atoms with E-state index in [1.165, 1.54) is 26.1 Å². The standard InChI is InChI=1S/C10H19ClN2/c1-2-13-7-4-10(9-13)8-12-6-3-5-11/h3,5,10,12H,2,4,6-9H2,1H3/b5-3+. The Labute approximate surface area is 85.9 Å². The second-order valence-corrected chi connectivity index (χ2v) is 3.82. The van der Waals surface area contributed by atoms with Gasteiger partial charge in [0.1, 0.15) is 0 Å². The highest BCUT2D eigenvalue weighted by Crippen LogP contribution is 2.14. The van der Waals surface area contributed by atoms with Gasteiger partial charge in [0, 0.05) is 18.6 Å². The van der Waals surface area contributed by atoms with Crippen LogP contribution in [0.15, 0.2) is 11.6 Å². The average molecular weight is 203 g/mol. The van der Waals surface area contributed by atoms with Crippen LogP contribution in [0.4, 0.5) is 0 Å². The SMILES string of the molecule is CCN1CCC(CNC/C=C/Cl)C1. The summed E-state index contributed by atoms with van der Waals surface area (Å²) in [6.07, 6.45) is 3.28. The van der Waals surface area contributed by atoms with Crippen LogP contribution in [0.5, 0.6) is 0 Å². The quantitative estimate of drug-likeness (QED) is 0.683. The number of likely N-dealkylation sites (tertiary alicyclic amines) is 1. The van der Waals surface area contributed by atoms with Crippen molar-refractivity contribution in [1.82, 2.24) is 10.2 Å². The van der Waals surface area contributed by atoms with Crippen molar-refractivity contribution < 1.29 is 0 Å². The topological polar surface area (TPSA) is 15.3 Å². The van der Waals surface area contributed by atoms with Crippen molar-refractivity contribution in [2.75, 3.05) is 32.7 Å². The summed E-state index contributed by atoms with van der Waals surface area (Å²) in [5.41, 5.74) is 1.57. The summed E-state index contributed by atoms with van der Waals surface area (Å²) < 4.78 is 0. The smallest absolute Gasteiger partial charge is 0.0146 e. The Morgan fingerprint density at radius 3 is 3.08 bits per heavy atom. The van der Waals surface area contributed by atoms with Crippen molar-refractivity contribution in [2.24, 2.45) is 5.92 Å². The van der Waals surface area contributed by atoms with Crippen molar-refractivity contribution in [3.05, 3.63) is 11.6 Å². The fourth-order valence-corrected chi connectivity index (χ4v) is 1.87. The average Bonchev–Trinajstić information content (AvgIpc) is 2.60. The Hall–Kier alpha value is -0.0500. The fraction of sp³-hybridized carbons (Fsp3) is 0.800. The highest BCUT2D eigenvalue weighted by Gasteiger charge is 2.19. The minimum atomic E-state index is 0.837. The fourth-order valence-electron chi connectivity index (χ4n) is 1.78. The lowest BCUT2D eigenvalue weighted by Gasteiger charge is -2.12. The first kappa shape index (κ1) is 11.0. The van der Waals surface area contributed by atoms with Crippen LogP contribution < -0.4 is 5.32 Å². The zero-order valence-electron chi connectivity index (χ0n) is 8.30. The second-order valence-electron chi connectivity index (χ2n) is 3.57. The zero-order chi connectivity index (χ0) is 9.52. The molecule has 1 rings (SSSR count). The molecule has 0 amide bonds. The molecule has 1 aliphatic rings. The van der Waals surface area contributed by atoms with E-state index < -0.39 is 0 Å². The Morgan fingerprint density at radius 1 is 1.62 bits per heavy atom. The molecule has 1 heterocycles. The molecule has 1 atom stereocenters. The number of halogens is 1. The van der Waals surface area contributed by atoms with E-state index in [2.05, 4.69) is 17.1 Å². The van der Waals surface area contributed by atoms with Crippen LogP contribution in [0.2, 0.25) is 0 Å². The van der Waals surface area contributed by atoms with Gasteiger partial charge < -0.3 is 10.2 Å². The number of nitrogens with one attached hydrogen (secondary N) is 1. The van der Waals surface area contributed by atoms with Gasteiger partial charge in [-0.05, 0) is 32.0 Å². The largest absolute Gasteiger partial charge is 0.313 e. The highest BCUT2D eigenvalue weighted by atomic mass is 35.5. The maximum Gasteiger partial charge on any atom is 0.0146 e. The molecule has 0 spiro atoms. The number of rotatable bonds is 5. The molecule has 0 aliphatic carbocycles. The van der Waals surface area contributed by atoms with Crippen molar-refractivity contribution >= 4 is 11.6 Å². The summed E-state index contributed by atoms with van der Waals surface area (Å²) in [7, 11) is 0. The molecule has 1 saturated heterocycles. The maximum absolute atomic E-state index is 5.41. The molecule has 0 radical (unpaired) electrons. The van der Waals surface area contributed by atoms with Gasteiger partial charge in [0.05, 0.1) is 0 Å². The molecule has 1 aliphatic heterocycles. The summed E-state index contributed by atoms with van der Waals surface area (Å²) in [5, 5.41) is 3.37. The van der Waals surface area contributed by atoms with E-state index in [0.717, 1.165) is 19.0 Å². The summed E-state index contributed by atoms with van der Waals surface area (Å²) in [4.78, 5) is 2.50. The summed E-state index contributed by atoms with van der Waals surface area (Å²) in [6, 6.07) is 0. The van der Waals surface area contributed by atoms with Crippen LogP contribution in [0.25, 0.3) is 0 Å². The van der Waals surface area contributed by atoms with Crippen molar-refractivity contribution in [2.45, 2.75) is 13.3 Å². The molecule has 1 N–H and O–H groups in total. The molecule has 13 heavy (non-hydrogen) atoms. The first-order valence-electron chi connectivity index (χ1n) is 5.05. The molecule has 3 heteroatoms. The van der Waals surface area contributed by atoms with Crippen LogP contribution in [0.1, 0.15) is 13.3 Å². The van der Waals surface area contributed by atoms with Gasteiger partial charge >= 0.3 is 0 Å². The molecule has 1 fully saturated rings. The van der Waals surface area contributed by atoms with Crippen molar-refractivity contribution in [1.29, 1.82) is 0 Å². The molecular formula is C10H19ClN2. The molecule has 2 nitrogen and oxygen atoms in total. The van der Waals surface area contributed by atoms with Gasteiger partial charge in [-0.15, -0.1) is 0 Å². The van der Waals surface area contributed by atoms with E-state index in [1.807, 2.05) is 6.08 Å². The number of hydrogen-bond donors (Lipinski definition) is 1. The predicted molar refractivity (Wildman–Crippen MR) is 58.1 cm³/mol. The van der Waals surface area contributed by atoms with Crippen LogP contribution in [0, 0.1) is 5.92 Å². The van der Waals surface area contributed by atoms with Crippen LogP contribution in [-0.4, -0.2) is 37.6 Å². The molecule has 0 bridgehead atoms. The monoisotopic (exact) mass is 202 g/mol. The molecule has 0 aromatic rings. The molecule has 0 aromatic heterocycles. The molecular weight excluding hydrogens is 184 g/mol. The van der Waals surface area contributed by atoms with Crippen molar-refractivity contribution in [3.8, 4) is 0 Å². The normalized spacial score (nSPS) is 24.6. The molecule has 76 valence electrons. The summed E-state index contributed by atoms with van der Waals surface area (Å²) in [6.45, 7) is 7.97. The predicted octanol–water partition coefficient (Wildman–Crippen LogP) is 1.67. The Kier molecular flexibility index (Phi) is 5.44. The Bertz CT molecular complexity index is 159. The van der Waals surface area contributed by atoms with E-state index >= 15 is 0 Å². The van der Waals surface area contributed by atoms with Crippen LogP contribution in [-0.2, 0) is 0 Å². The maximum atomic E-state index is 5.41. The van der Waals surface area contributed by atoms with E-state index in [4.69, 9.17) is 11.6 Å². The first-order valence-corrected chi connectivity index (χ1v) is 5.48. The summed E-state index contributed by atoms with van der Waals surface area (Å²) >= 11 is 5.41. The Morgan fingerprint density at radius 2 is 2.46 bits per heavy atom. The zero-order valence-corrected chi connectivity index (χ0v) is 9.06. The minimum absolute atomic E-state index is 0.837. The van der Waals surface area contributed by atoms with Gasteiger partial charge in [0.2, 0.25) is 0 Å². The molecule has 1 unspecified atom stereocenters. The summed E-state index contributed by atoms with van der Waals surface area (Å²) in [5.74, 6) is 0.837. The minimum Gasteiger partial charge on any atom is -0.313 e. The lowest BCUT2D eigenvalue weighted by Crippen LogP contribution is -2.26. The van der Waals surface area contributed by atoms with E-state index in [1.54, 1.807) is 5.54 Å². The van der Waals surface area contributed by atoms with Gasteiger partial charge in [0.25, 0.3) is 0 Å². The van der Waals surface area contributed by atoms with Gasteiger partial charge in [-0.2, -0.15) is 0 Å². The lowest BCUT2D eigenvalue weighted by molar-refractivity contribution is 0.340. The van der Waals surface area contributed by atoms with Crippen molar-refractivity contribution in [3.63, 3.8) is 0 Å². The van der Waals surface area contributed by atoms with Gasteiger partial charge in [-0.25, -0.2) is 0 Å². The third-order valence-electron chi connectivity index (χ3n) is 2.60. The lowest BCUT2D eigenvalue weighted by atomic mass is 10.1. The third-order valence-corrected chi connectivity index (χ3v) is 2.78. The van der Waals surface area contributed by atoms with E-state index in [-0.39, 0.29) is 0 Å². The third kappa shape index (κ3) is 4.12. The van der Waals surface area contributed by atoms with Gasteiger partial charge in [0.15, 0.2) is 0 Å².